The average Bonchev–Trinajstić information content (AvgIpc) is 2.53. The largest absolute Gasteiger partial charge is 0.392 e. The van der Waals surface area contributed by atoms with Crippen molar-refractivity contribution in [2.45, 2.75) is 20.0 Å². The van der Waals surface area contributed by atoms with E-state index in [1.54, 1.807) is 12.1 Å². The lowest BCUT2D eigenvalue weighted by molar-refractivity contribution is 0.0879. The summed E-state index contributed by atoms with van der Waals surface area (Å²) in [6.45, 7) is 1.78. The summed E-state index contributed by atoms with van der Waals surface area (Å²) in [5, 5.41) is 11.4. The Hall–Kier alpha value is -1.68. The number of rotatable bonds is 2. The van der Waals surface area contributed by atoms with Gasteiger partial charge in [0.05, 0.1) is 17.7 Å². The number of benzene rings is 1. The lowest BCUT2D eigenvalue weighted by Crippen LogP contribution is -2.20. The molecular formula is C11H11NO3. The minimum absolute atomic E-state index is 0.113. The fourth-order valence-electron chi connectivity index (χ4n) is 1.92. The summed E-state index contributed by atoms with van der Waals surface area (Å²) < 4.78 is 0. The molecule has 0 fully saturated rings. The van der Waals surface area contributed by atoms with E-state index in [4.69, 9.17) is 5.11 Å². The predicted molar refractivity (Wildman–Crippen MR) is 53.5 cm³/mol. The van der Waals surface area contributed by atoms with Gasteiger partial charge in [-0.3, -0.25) is 14.9 Å². The molecule has 1 aliphatic heterocycles. The van der Waals surface area contributed by atoms with Crippen LogP contribution >= 0.6 is 0 Å². The maximum atomic E-state index is 11.5. The topological polar surface area (TPSA) is 66.4 Å². The zero-order valence-electron chi connectivity index (χ0n) is 8.33. The third-order valence-electron chi connectivity index (χ3n) is 2.63. The molecule has 1 aromatic carbocycles. The predicted octanol–water partition coefficient (Wildman–Crippen LogP) is 0.625. The number of carbonyl (C=O) groups excluding carboxylic acids is 2. The molecule has 2 amide bonds. The van der Waals surface area contributed by atoms with Gasteiger partial charge in [0.2, 0.25) is 0 Å². The molecule has 15 heavy (non-hydrogen) atoms. The van der Waals surface area contributed by atoms with Crippen LogP contribution in [0.1, 0.15) is 38.8 Å². The van der Waals surface area contributed by atoms with Crippen molar-refractivity contribution in [2.24, 2.45) is 0 Å². The van der Waals surface area contributed by atoms with Gasteiger partial charge in [0.25, 0.3) is 11.8 Å². The third kappa shape index (κ3) is 1.34. The van der Waals surface area contributed by atoms with Crippen LogP contribution in [0.25, 0.3) is 0 Å². The van der Waals surface area contributed by atoms with Crippen molar-refractivity contribution in [3.05, 3.63) is 34.4 Å². The number of fused-ring (bicyclic) bond motifs is 1. The molecule has 0 atom stereocenters. The first-order valence-electron chi connectivity index (χ1n) is 4.80. The third-order valence-corrected chi connectivity index (χ3v) is 2.63. The van der Waals surface area contributed by atoms with E-state index in [9.17, 15) is 9.59 Å². The summed E-state index contributed by atoms with van der Waals surface area (Å²) in [5.74, 6) is -0.712. The highest BCUT2D eigenvalue weighted by molar-refractivity contribution is 6.22. The molecule has 0 radical (unpaired) electrons. The van der Waals surface area contributed by atoms with Crippen molar-refractivity contribution in [1.82, 2.24) is 5.32 Å². The van der Waals surface area contributed by atoms with Gasteiger partial charge in [-0.25, -0.2) is 0 Å². The second kappa shape index (κ2) is 3.47. The Labute approximate surface area is 86.9 Å². The Morgan fingerprint density at radius 2 is 2.00 bits per heavy atom. The number of nitrogens with one attached hydrogen (secondary N) is 1. The highest BCUT2D eigenvalue weighted by Crippen LogP contribution is 2.24. The van der Waals surface area contributed by atoms with Crippen LogP contribution in [0.15, 0.2) is 12.1 Å². The van der Waals surface area contributed by atoms with E-state index < -0.39 is 0 Å². The molecule has 0 saturated heterocycles. The van der Waals surface area contributed by atoms with E-state index in [-0.39, 0.29) is 18.4 Å². The normalized spacial score (nSPS) is 14.0. The lowest BCUT2D eigenvalue weighted by Gasteiger charge is -2.08. The van der Waals surface area contributed by atoms with Gasteiger partial charge in [-0.15, -0.1) is 0 Å². The van der Waals surface area contributed by atoms with Crippen LogP contribution in [0.4, 0.5) is 0 Å². The Kier molecular flexibility index (Phi) is 2.28. The Balaban J connectivity index is 2.70. The number of imide groups is 1. The van der Waals surface area contributed by atoms with Gasteiger partial charge in [-0.05, 0) is 23.6 Å². The summed E-state index contributed by atoms with van der Waals surface area (Å²) in [6.07, 6.45) is 0.625. The van der Waals surface area contributed by atoms with Crippen LogP contribution in [-0.2, 0) is 13.0 Å². The van der Waals surface area contributed by atoms with E-state index in [0.717, 1.165) is 5.56 Å². The SMILES string of the molecule is CCc1c(CO)ccc2c1C(=O)NC2=O. The molecule has 0 aliphatic carbocycles. The van der Waals surface area contributed by atoms with E-state index in [1.165, 1.54) is 0 Å². The van der Waals surface area contributed by atoms with E-state index >= 15 is 0 Å². The molecule has 4 heteroatoms. The summed E-state index contributed by atoms with van der Waals surface area (Å²) in [4.78, 5) is 22.9. The molecule has 4 nitrogen and oxygen atoms in total. The summed E-state index contributed by atoms with van der Waals surface area (Å²) in [5.41, 5.74) is 2.31. The quantitative estimate of drug-likeness (QED) is 0.696. The van der Waals surface area contributed by atoms with E-state index in [0.29, 0.717) is 23.1 Å². The van der Waals surface area contributed by atoms with Crippen molar-refractivity contribution in [1.29, 1.82) is 0 Å². The highest BCUT2D eigenvalue weighted by atomic mass is 16.3. The monoisotopic (exact) mass is 205 g/mol. The molecular weight excluding hydrogens is 194 g/mol. The number of aliphatic hydroxyl groups excluding tert-OH is 1. The molecule has 1 aliphatic rings. The van der Waals surface area contributed by atoms with Crippen LogP contribution in [0.5, 0.6) is 0 Å². The van der Waals surface area contributed by atoms with Crippen LogP contribution < -0.4 is 5.32 Å². The maximum Gasteiger partial charge on any atom is 0.259 e. The number of hydrogen-bond acceptors (Lipinski definition) is 3. The molecule has 2 rings (SSSR count). The molecule has 0 saturated carbocycles. The van der Waals surface area contributed by atoms with Gasteiger partial charge >= 0.3 is 0 Å². The van der Waals surface area contributed by atoms with Crippen molar-refractivity contribution in [2.75, 3.05) is 0 Å². The number of aliphatic hydroxyl groups is 1. The van der Waals surface area contributed by atoms with Crippen LogP contribution in [-0.4, -0.2) is 16.9 Å². The molecule has 0 bridgehead atoms. The molecule has 0 aromatic heterocycles. The van der Waals surface area contributed by atoms with Gasteiger partial charge in [0.1, 0.15) is 0 Å². The second-order valence-corrected chi connectivity index (χ2v) is 3.42. The summed E-state index contributed by atoms with van der Waals surface area (Å²) in [7, 11) is 0. The standard InChI is InChI=1S/C11H11NO3/c1-2-7-6(5-13)3-4-8-9(7)11(15)12-10(8)14/h3-4,13H,2,5H2,1H3,(H,12,14,15). The zero-order valence-corrected chi connectivity index (χ0v) is 8.33. The smallest absolute Gasteiger partial charge is 0.259 e. The zero-order chi connectivity index (χ0) is 11.0. The van der Waals surface area contributed by atoms with Gasteiger partial charge < -0.3 is 5.11 Å². The Bertz CT molecular complexity index is 451. The van der Waals surface area contributed by atoms with E-state index in [1.807, 2.05) is 6.92 Å². The van der Waals surface area contributed by atoms with Crippen molar-refractivity contribution >= 4 is 11.8 Å². The molecule has 0 spiro atoms. The molecule has 1 aromatic rings. The summed E-state index contributed by atoms with van der Waals surface area (Å²) in [6, 6.07) is 3.27. The van der Waals surface area contributed by atoms with Gasteiger partial charge in [0, 0.05) is 0 Å². The summed E-state index contributed by atoms with van der Waals surface area (Å²) >= 11 is 0. The van der Waals surface area contributed by atoms with Crippen LogP contribution in [0.2, 0.25) is 0 Å². The fourth-order valence-corrected chi connectivity index (χ4v) is 1.92. The van der Waals surface area contributed by atoms with Gasteiger partial charge in [-0.2, -0.15) is 0 Å². The average molecular weight is 205 g/mol. The second-order valence-electron chi connectivity index (χ2n) is 3.42. The molecule has 0 unspecified atom stereocenters. The van der Waals surface area contributed by atoms with Crippen molar-refractivity contribution in [3.63, 3.8) is 0 Å². The highest BCUT2D eigenvalue weighted by Gasteiger charge is 2.29. The maximum absolute atomic E-state index is 11.5. The molecule has 2 N–H and O–H groups in total. The van der Waals surface area contributed by atoms with Crippen LogP contribution in [0.3, 0.4) is 0 Å². The molecule has 1 heterocycles. The minimum Gasteiger partial charge on any atom is -0.392 e. The first kappa shape index (κ1) is 9.86. The minimum atomic E-state index is -0.359. The Morgan fingerprint density at radius 1 is 1.27 bits per heavy atom. The Morgan fingerprint density at radius 3 is 2.60 bits per heavy atom. The van der Waals surface area contributed by atoms with Crippen molar-refractivity contribution < 1.29 is 14.7 Å². The fraction of sp³-hybridized carbons (Fsp3) is 0.273. The van der Waals surface area contributed by atoms with E-state index in [2.05, 4.69) is 5.32 Å². The van der Waals surface area contributed by atoms with Crippen LogP contribution in [0, 0.1) is 0 Å². The molecule has 78 valence electrons. The van der Waals surface area contributed by atoms with Crippen molar-refractivity contribution in [3.8, 4) is 0 Å². The first-order valence-corrected chi connectivity index (χ1v) is 4.80. The number of amides is 2. The van der Waals surface area contributed by atoms with Gasteiger partial charge in [0.15, 0.2) is 0 Å². The van der Waals surface area contributed by atoms with Gasteiger partial charge in [-0.1, -0.05) is 13.0 Å². The lowest BCUT2D eigenvalue weighted by atomic mass is 9.96. The number of hydrogen-bond donors (Lipinski definition) is 2. The number of carbonyl (C=O) groups is 2. The first-order chi connectivity index (χ1) is 7.19.